The molecule has 0 bridgehead atoms. The monoisotopic (exact) mass is 205 g/mol. The van der Waals surface area contributed by atoms with E-state index in [1.165, 1.54) is 0 Å². The standard InChI is InChI=1S/C12H15NO2/c1-3-5-9(8-13)12(14)11-7-6-10(4-2)15-11/h6-7,9H,3-5H2,1-2H3. The van der Waals surface area contributed by atoms with E-state index in [4.69, 9.17) is 9.68 Å². The number of carbonyl (C=O) groups excluding carboxylic acids is 1. The van der Waals surface area contributed by atoms with Crippen LogP contribution in [-0.4, -0.2) is 5.78 Å². The summed E-state index contributed by atoms with van der Waals surface area (Å²) in [5, 5.41) is 8.84. The normalized spacial score (nSPS) is 12.1. The summed E-state index contributed by atoms with van der Waals surface area (Å²) in [5.74, 6) is 0.336. The Morgan fingerprint density at radius 1 is 1.53 bits per heavy atom. The van der Waals surface area contributed by atoms with Crippen LogP contribution in [0.5, 0.6) is 0 Å². The summed E-state index contributed by atoms with van der Waals surface area (Å²) < 4.78 is 5.32. The topological polar surface area (TPSA) is 54.0 Å². The fourth-order valence-electron chi connectivity index (χ4n) is 1.42. The quantitative estimate of drug-likeness (QED) is 0.694. The van der Waals surface area contributed by atoms with Crippen molar-refractivity contribution < 1.29 is 9.21 Å². The number of furan rings is 1. The van der Waals surface area contributed by atoms with Crippen LogP contribution in [0.2, 0.25) is 0 Å². The Hall–Kier alpha value is -1.56. The summed E-state index contributed by atoms with van der Waals surface area (Å²) in [6.45, 7) is 3.91. The molecular formula is C12H15NO2. The van der Waals surface area contributed by atoms with Crippen molar-refractivity contribution in [3.63, 3.8) is 0 Å². The lowest BCUT2D eigenvalue weighted by Gasteiger charge is -2.03. The number of ketones is 1. The van der Waals surface area contributed by atoms with Gasteiger partial charge < -0.3 is 4.42 Å². The number of hydrogen-bond acceptors (Lipinski definition) is 3. The van der Waals surface area contributed by atoms with Gasteiger partial charge in [-0.1, -0.05) is 20.3 Å². The lowest BCUT2D eigenvalue weighted by atomic mass is 9.99. The summed E-state index contributed by atoms with van der Waals surface area (Å²) in [6.07, 6.45) is 2.18. The van der Waals surface area contributed by atoms with E-state index in [1.54, 1.807) is 12.1 Å². The highest BCUT2D eigenvalue weighted by atomic mass is 16.3. The van der Waals surface area contributed by atoms with Crippen LogP contribution >= 0.6 is 0 Å². The number of aryl methyl sites for hydroxylation is 1. The highest BCUT2D eigenvalue weighted by Crippen LogP contribution is 2.16. The maximum absolute atomic E-state index is 11.8. The van der Waals surface area contributed by atoms with E-state index < -0.39 is 5.92 Å². The van der Waals surface area contributed by atoms with E-state index in [0.717, 1.165) is 18.6 Å². The third kappa shape index (κ3) is 2.69. The molecule has 0 aliphatic heterocycles. The molecule has 0 aliphatic carbocycles. The van der Waals surface area contributed by atoms with E-state index in [9.17, 15) is 4.79 Å². The highest BCUT2D eigenvalue weighted by Gasteiger charge is 2.21. The molecule has 0 radical (unpaired) electrons. The zero-order valence-electron chi connectivity index (χ0n) is 9.12. The molecule has 0 aliphatic rings. The molecule has 0 saturated heterocycles. The summed E-state index contributed by atoms with van der Waals surface area (Å²) in [7, 11) is 0. The minimum absolute atomic E-state index is 0.195. The second-order valence-electron chi connectivity index (χ2n) is 3.45. The van der Waals surface area contributed by atoms with Gasteiger partial charge in [0.2, 0.25) is 5.78 Å². The molecule has 0 saturated carbocycles. The zero-order valence-corrected chi connectivity index (χ0v) is 9.12. The fourth-order valence-corrected chi connectivity index (χ4v) is 1.42. The van der Waals surface area contributed by atoms with E-state index in [0.29, 0.717) is 12.2 Å². The van der Waals surface area contributed by atoms with Gasteiger partial charge in [-0.25, -0.2) is 0 Å². The van der Waals surface area contributed by atoms with Gasteiger partial charge in [0.25, 0.3) is 0 Å². The molecule has 0 aromatic carbocycles. The zero-order chi connectivity index (χ0) is 11.3. The second kappa shape index (κ2) is 5.35. The molecule has 1 rings (SSSR count). The van der Waals surface area contributed by atoms with Gasteiger partial charge in [0.05, 0.1) is 6.07 Å². The van der Waals surface area contributed by atoms with Crippen LogP contribution < -0.4 is 0 Å². The first kappa shape index (κ1) is 11.5. The van der Waals surface area contributed by atoms with Crippen LogP contribution in [-0.2, 0) is 6.42 Å². The van der Waals surface area contributed by atoms with Gasteiger partial charge >= 0.3 is 0 Å². The summed E-state index contributed by atoms with van der Waals surface area (Å²) in [6, 6.07) is 5.46. The Labute approximate surface area is 89.7 Å². The number of nitriles is 1. The van der Waals surface area contributed by atoms with Crippen molar-refractivity contribution in [1.29, 1.82) is 5.26 Å². The highest BCUT2D eigenvalue weighted by molar-refractivity contribution is 5.96. The lowest BCUT2D eigenvalue weighted by molar-refractivity contribution is 0.0914. The molecule has 1 aromatic heterocycles. The van der Waals surface area contributed by atoms with Gasteiger partial charge in [0.15, 0.2) is 5.76 Å². The van der Waals surface area contributed by atoms with Crippen molar-refractivity contribution in [2.75, 3.05) is 0 Å². The fraction of sp³-hybridized carbons (Fsp3) is 0.500. The van der Waals surface area contributed by atoms with Crippen molar-refractivity contribution in [2.45, 2.75) is 33.1 Å². The third-order valence-electron chi connectivity index (χ3n) is 2.30. The van der Waals surface area contributed by atoms with Gasteiger partial charge in [0, 0.05) is 6.42 Å². The maximum atomic E-state index is 11.8. The molecule has 1 aromatic rings. The maximum Gasteiger partial charge on any atom is 0.215 e. The van der Waals surface area contributed by atoms with Crippen molar-refractivity contribution in [3.05, 3.63) is 23.7 Å². The summed E-state index contributed by atoms with van der Waals surface area (Å²) in [4.78, 5) is 11.8. The van der Waals surface area contributed by atoms with Gasteiger partial charge in [-0.2, -0.15) is 5.26 Å². The van der Waals surface area contributed by atoms with Crippen LogP contribution in [0.25, 0.3) is 0 Å². The Bertz CT molecular complexity index is 373. The Morgan fingerprint density at radius 2 is 2.27 bits per heavy atom. The van der Waals surface area contributed by atoms with Gasteiger partial charge in [-0.3, -0.25) is 4.79 Å². The number of Topliss-reactive ketones (excluding diaryl/α,β-unsaturated/α-hetero) is 1. The molecule has 1 atom stereocenters. The van der Waals surface area contributed by atoms with Crippen LogP contribution in [0.4, 0.5) is 0 Å². The molecule has 80 valence electrons. The van der Waals surface area contributed by atoms with Crippen LogP contribution in [0.1, 0.15) is 43.0 Å². The average Bonchev–Trinajstić information content (AvgIpc) is 2.73. The second-order valence-corrected chi connectivity index (χ2v) is 3.45. The van der Waals surface area contributed by atoms with Crippen molar-refractivity contribution in [2.24, 2.45) is 5.92 Å². The van der Waals surface area contributed by atoms with Crippen molar-refractivity contribution in [1.82, 2.24) is 0 Å². The molecule has 15 heavy (non-hydrogen) atoms. The molecular weight excluding hydrogens is 190 g/mol. The van der Waals surface area contributed by atoms with Crippen LogP contribution in [0.3, 0.4) is 0 Å². The molecule has 0 spiro atoms. The number of rotatable bonds is 5. The van der Waals surface area contributed by atoms with Crippen LogP contribution in [0, 0.1) is 17.2 Å². The number of nitrogens with zero attached hydrogens (tertiary/aromatic N) is 1. The van der Waals surface area contributed by atoms with Crippen molar-refractivity contribution in [3.8, 4) is 6.07 Å². The molecule has 3 heteroatoms. The molecule has 0 N–H and O–H groups in total. The smallest absolute Gasteiger partial charge is 0.215 e. The Morgan fingerprint density at radius 3 is 2.73 bits per heavy atom. The van der Waals surface area contributed by atoms with Gasteiger partial charge in [-0.05, 0) is 18.6 Å². The molecule has 0 fully saturated rings. The summed E-state index contributed by atoms with van der Waals surface area (Å²) >= 11 is 0. The predicted molar refractivity (Wildman–Crippen MR) is 56.4 cm³/mol. The van der Waals surface area contributed by atoms with E-state index in [2.05, 4.69) is 0 Å². The average molecular weight is 205 g/mol. The van der Waals surface area contributed by atoms with Crippen LogP contribution in [0.15, 0.2) is 16.5 Å². The first-order valence-electron chi connectivity index (χ1n) is 5.25. The number of carbonyl (C=O) groups is 1. The third-order valence-corrected chi connectivity index (χ3v) is 2.30. The predicted octanol–water partition coefficient (Wildman–Crippen LogP) is 2.96. The Balaban J connectivity index is 2.79. The van der Waals surface area contributed by atoms with Crippen molar-refractivity contribution >= 4 is 5.78 Å². The first-order valence-corrected chi connectivity index (χ1v) is 5.25. The largest absolute Gasteiger partial charge is 0.458 e. The lowest BCUT2D eigenvalue weighted by Crippen LogP contribution is -2.11. The minimum Gasteiger partial charge on any atom is -0.458 e. The van der Waals surface area contributed by atoms with Gasteiger partial charge in [-0.15, -0.1) is 0 Å². The first-order chi connectivity index (χ1) is 7.22. The van der Waals surface area contributed by atoms with E-state index in [-0.39, 0.29) is 5.78 Å². The molecule has 0 amide bonds. The SMILES string of the molecule is CCCC(C#N)C(=O)c1ccc(CC)o1. The molecule has 3 nitrogen and oxygen atoms in total. The van der Waals surface area contributed by atoms with E-state index >= 15 is 0 Å². The van der Waals surface area contributed by atoms with E-state index in [1.807, 2.05) is 19.9 Å². The number of hydrogen-bond donors (Lipinski definition) is 0. The summed E-state index contributed by atoms with van der Waals surface area (Å²) in [5.41, 5.74) is 0. The minimum atomic E-state index is -0.564. The molecule has 1 unspecified atom stereocenters. The Kier molecular flexibility index (Phi) is 4.11. The van der Waals surface area contributed by atoms with Gasteiger partial charge in [0.1, 0.15) is 11.7 Å². The molecule has 1 heterocycles.